The van der Waals surface area contributed by atoms with E-state index in [9.17, 15) is 4.79 Å². The lowest BCUT2D eigenvalue weighted by Crippen LogP contribution is -2.48. The summed E-state index contributed by atoms with van der Waals surface area (Å²) in [5.74, 6) is 0.658. The fourth-order valence-corrected chi connectivity index (χ4v) is 4.33. The van der Waals surface area contributed by atoms with Crippen LogP contribution in [0.2, 0.25) is 0 Å². The van der Waals surface area contributed by atoms with Gasteiger partial charge in [-0.3, -0.25) is 9.69 Å². The molecule has 5 rings (SSSR count). The van der Waals surface area contributed by atoms with Crippen molar-refractivity contribution in [2.45, 2.75) is 19.9 Å². The molecule has 1 amide bonds. The van der Waals surface area contributed by atoms with Gasteiger partial charge in [0.15, 0.2) is 11.4 Å². The molecule has 3 aromatic heterocycles. The van der Waals surface area contributed by atoms with Crippen molar-refractivity contribution >= 4 is 23.0 Å². The second-order valence-corrected chi connectivity index (χ2v) is 8.86. The van der Waals surface area contributed by atoms with E-state index in [0.717, 1.165) is 25.0 Å². The Labute approximate surface area is 199 Å². The molecule has 0 atom stereocenters. The molecular weight excluding hydrogens is 426 g/mol. The number of furan rings is 1. The summed E-state index contributed by atoms with van der Waals surface area (Å²) in [7, 11) is 0. The summed E-state index contributed by atoms with van der Waals surface area (Å²) >= 11 is 0. The van der Waals surface area contributed by atoms with E-state index in [1.807, 2.05) is 46.0 Å². The molecule has 0 bridgehead atoms. The lowest BCUT2D eigenvalue weighted by molar-refractivity contribution is 0.0652. The van der Waals surface area contributed by atoms with E-state index in [1.165, 1.54) is 5.56 Å². The van der Waals surface area contributed by atoms with Crippen LogP contribution in [0.15, 0.2) is 71.5 Å². The Morgan fingerprint density at radius 3 is 2.59 bits per heavy atom. The Bertz CT molecular complexity index is 1280. The third-order valence-corrected chi connectivity index (χ3v) is 6.19. The molecule has 174 valence electrons. The smallest absolute Gasteiger partial charge is 0.254 e. The molecule has 0 aliphatic carbocycles. The maximum Gasteiger partial charge on any atom is 0.254 e. The number of fused-ring (bicyclic) bond motifs is 1. The van der Waals surface area contributed by atoms with Crippen LogP contribution in [0.1, 0.15) is 35.8 Å². The van der Waals surface area contributed by atoms with Crippen molar-refractivity contribution in [1.82, 2.24) is 24.6 Å². The highest BCUT2D eigenvalue weighted by Gasteiger charge is 2.26. The van der Waals surface area contributed by atoms with Gasteiger partial charge in [0.1, 0.15) is 5.69 Å². The van der Waals surface area contributed by atoms with Crippen molar-refractivity contribution < 1.29 is 9.21 Å². The summed E-state index contributed by atoms with van der Waals surface area (Å²) in [6.07, 6.45) is 7.71. The van der Waals surface area contributed by atoms with Gasteiger partial charge in [0.25, 0.3) is 5.91 Å². The zero-order valence-corrected chi connectivity index (χ0v) is 19.6. The minimum absolute atomic E-state index is 0.0167. The predicted octanol–water partition coefficient (Wildman–Crippen LogP) is 4.74. The molecule has 7 heteroatoms. The number of aromatic nitrogens is 3. The first kappa shape index (κ1) is 22.1. The van der Waals surface area contributed by atoms with Crippen molar-refractivity contribution in [1.29, 1.82) is 0 Å². The maximum atomic E-state index is 13.6. The summed E-state index contributed by atoms with van der Waals surface area (Å²) in [6.45, 7) is 8.05. The molecule has 1 aliphatic rings. The monoisotopic (exact) mass is 455 g/mol. The van der Waals surface area contributed by atoms with Gasteiger partial charge in [0.05, 0.1) is 23.4 Å². The highest BCUT2D eigenvalue weighted by molar-refractivity contribution is 6.06. The van der Waals surface area contributed by atoms with Crippen molar-refractivity contribution in [3.63, 3.8) is 0 Å². The molecule has 1 saturated heterocycles. The topological polar surface area (TPSA) is 67.4 Å². The number of hydrogen-bond acceptors (Lipinski definition) is 5. The highest BCUT2D eigenvalue weighted by atomic mass is 16.3. The first-order valence-corrected chi connectivity index (χ1v) is 11.8. The van der Waals surface area contributed by atoms with E-state index < -0.39 is 0 Å². The summed E-state index contributed by atoms with van der Waals surface area (Å²) in [6, 6.07) is 16.0. The van der Waals surface area contributed by atoms with Crippen molar-refractivity contribution in [2.75, 3.05) is 32.7 Å². The summed E-state index contributed by atoms with van der Waals surface area (Å²) in [5, 5.41) is 5.29. The van der Waals surface area contributed by atoms with E-state index in [0.29, 0.717) is 35.8 Å². The van der Waals surface area contributed by atoms with Crippen LogP contribution in [0.5, 0.6) is 0 Å². The maximum absolute atomic E-state index is 13.6. The number of nitrogens with zero attached hydrogens (tertiary/aromatic N) is 5. The first-order valence-electron chi connectivity index (χ1n) is 11.8. The van der Waals surface area contributed by atoms with Gasteiger partial charge in [-0.15, -0.1) is 0 Å². The van der Waals surface area contributed by atoms with Gasteiger partial charge in [-0.2, -0.15) is 5.10 Å². The molecule has 1 aliphatic heterocycles. The van der Waals surface area contributed by atoms with Crippen LogP contribution < -0.4 is 0 Å². The Hall–Kier alpha value is -3.71. The standard InChI is InChI=1S/C27H29N5O2/c1-20(2)32-26-23(19-28-32)22(18-24(29-26)25-11-7-17-34-25)27(33)31-15-13-30(14-16-31)12-6-10-21-8-4-3-5-9-21/h3-11,17-20H,12-16H2,1-2H3. The van der Waals surface area contributed by atoms with E-state index in [2.05, 4.69) is 48.1 Å². The van der Waals surface area contributed by atoms with E-state index in [-0.39, 0.29) is 11.9 Å². The van der Waals surface area contributed by atoms with Gasteiger partial charge < -0.3 is 9.32 Å². The molecule has 4 heterocycles. The van der Waals surface area contributed by atoms with Gasteiger partial charge in [0, 0.05) is 38.8 Å². The van der Waals surface area contributed by atoms with Crippen molar-refractivity contribution in [2.24, 2.45) is 0 Å². The normalized spacial score (nSPS) is 15.1. The quantitative estimate of drug-likeness (QED) is 0.420. The Balaban J connectivity index is 1.33. The lowest BCUT2D eigenvalue weighted by Gasteiger charge is -2.34. The molecule has 0 radical (unpaired) electrons. The SMILES string of the molecule is CC(C)n1ncc2c(C(=O)N3CCN(CC=Cc4ccccc4)CC3)cc(-c3ccco3)nc21. The van der Waals surface area contributed by atoms with Gasteiger partial charge >= 0.3 is 0 Å². The Morgan fingerprint density at radius 1 is 1.09 bits per heavy atom. The minimum Gasteiger partial charge on any atom is -0.463 e. The zero-order valence-electron chi connectivity index (χ0n) is 19.6. The van der Waals surface area contributed by atoms with Crippen LogP contribution in [0.3, 0.4) is 0 Å². The van der Waals surface area contributed by atoms with Gasteiger partial charge in [-0.25, -0.2) is 9.67 Å². The number of hydrogen-bond donors (Lipinski definition) is 0. The second-order valence-electron chi connectivity index (χ2n) is 8.86. The van der Waals surface area contributed by atoms with E-state index in [4.69, 9.17) is 9.40 Å². The third kappa shape index (κ3) is 4.52. The molecule has 1 fully saturated rings. The fourth-order valence-electron chi connectivity index (χ4n) is 4.33. The molecule has 0 N–H and O–H groups in total. The molecule has 0 spiro atoms. The zero-order chi connectivity index (χ0) is 23.5. The number of rotatable bonds is 6. The van der Waals surface area contributed by atoms with E-state index >= 15 is 0 Å². The lowest BCUT2D eigenvalue weighted by atomic mass is 10.1. The van der Waals surface area contributed by atoms with Crippen LogP contribution in [-0.4, -0.2) is 63.2 Å². The number of carbonyl (C=O) groups is 1. The van der Waals surface area contributed by atoms with Crippen LogP contribution in [-0.2, 0) is 0 Å². The average molecular weight is 456 g/mol. The molecular formula is C27H29N5O2. The van der Waals surface area contributed by atoms with Crippen LogP contribution in [0.4, 0.5) is 0 Å². The third-order valence-electron chi connectivity index (χ3n) is 6.19. The van der Waals surface area contributed by atoms with Crippen molar-refractivity contribution in [3.8, 4) is 11.5 Å². The van der Waals surface area contributed by atoms with Crippen LogP contribution in [0, 0.1) is 0 Å². The summed E-state index contributed by atoms with van der Waals surface area (Å²) in [5.41, 5.74) is 3.18. The van der Waals surface area contributed by atoms with Crippen molar-refractivity contribution in [3.05, 3.63) is 78.2 Å². The summed E-state index contributed by atoms with van der Waals surface area (Å²) < 4.78 is 7.44. The largest absolute Gasteiger partial charge is 0.463 e. The molecule has 0 unspecified atom stereocenters. The number of piperazine rings is 1. The molecule has 4 aromatic rings. The number of benzene rings is 1. The first-order chi connectivity index (χ1) is 16.6. The van der Waals surface area contributed by atoms with Gasteiger partial charge in [-0.05, 0) is 37.6 Å². The van der Waals surface area contributed by atoms with Gasteiger partial charge in [0.2, 0.25) is 0 Å². The average Bonchev–Trinajstić information content (AvgIpc) is 3.54. The summed E-state index contributed by atoms with van der Waals surface area (Å²) in [4.78, 5) is 22.7. The molecule has 0 saturated carbocycles. The predicted molar refractivity (Wildman–Crippen MR) is 133 cm³/mol. The Morgan fingerprint density at radius 2 is 1.88 bits per heavy atom. The molecule has 1 aromatic carbocycles. The second kappa shape index (κ2) is 9.65. The van der Waals surface area contributed by atoms with Gasteiger partial charge in [-0.1, -0.05) is 42.5 Å². The minimum atomic E-state index is 0.0167. The van der Waals surface area contributed by atoms with Crippen LogP contribution in [0.25, 0.3) is 28.6 Å². The fraction of sp³-hybridized carbons (Fsp3) is 0.296. The Kier molecular flexibility index (Phi) is 6.27. The number of amides is 1. The molecule has 34 heavy (non-hydrogen) atoms. The highest BCUT2D eigenvalue weighted by Crippen LogP contribution is 2.27. The van der Waals surface area contributed by atoms with E-state index in [1.54, 1.807) is 12.5 Å². The van der Waals surface area contributed by atoms with Crippen LogP contribution >= 0.6 is 0 Å². The molecule has 7 nitrogen and oxygen atoms in total. The number of pyridine rings is 1. The number of carbonyl (C=O) groups excluding carboxylic acids is 1.